The zero-order chi connectivity index (χ0) is 21.0. The fourth-order valence-electron chi connectivity index (χ4n) is 3.98. The lowest BCUT2D eigenvalue weighted by Crippen LogP contribution is -2.53. The molecule has 158 valence electrons. The Hall–Kier alpha value is 0.650. The fraction of sp³-hybridized carbons (Fsp3) is 1.00. The first-order valence-corrected chi connectivity index (χ1v) is 11.8. The molecule has 0 aliphatic rings. The van der Waals surface area contributed by atoms with E-state index in [-0.39, 0.29) is 22.1 Å². The highest BCUT2D eigenvalue weighted by molar-refractivity contribution is 14.1. The molecule has 0 saturated carbocycles. The molecule has 0 aliphatic heterocycles. The van der Waals surface area contributed by atoms with E-state index < -0.39 is 0 Å². The van der Waals surface area contributed by atoms with Crippen LogP contribution in [0.4, 0.5) is 0 Å². The van der Waals surface area contributed by atoms with Gasteiger partial charge in [0, 0.05) is 21.6 Å². The molecule has 0 radical (unpaired) electrons. The molecule has 3 heteroatoms. The molecule has 26 heavy (non-hydrogen) atoms. The van der Waals surface area contributed by atoms with Crippen LogP contribution < -0.4 is 5.32 Å². The lowest BCUT2D eigenvalue weighted by Gasteiger charge is -2.48. The van der Waals surface area contributed by atoms with Gasteiger partial charge in [0.1, 0.15) is 0 Å². The van der Waals surface area contributed by atoms with Gasteiger partial charge in [0.2, 0.25) is 0 Å². The largest absolute Gasteiger partial charge is 0.375 e. The van der Waals surface area contributed by atoms with E-state index in [0.29, 0.717) is 9.34 Å². The number of nitrogens with one attached hydrogen (secondary N) is 1. The van der Waals surface area contributed by atoms with Crippen LogP contribution in [-0.2, 0) is 4.74 Å². The second-order valence-corrected chi connectivity index (χ2v) is 13.0. The molecule has 0 fully saturated rings. The minimum atomic E-state index is -0.105. The van der Waals surface area contributed by atoms with E-state index in [1.54, 1.807) is 0 Å². The number of halogens is 1. The van der Waals surface area contributed by atoms with E-state index in [0.717, 1.165) is 25.9 Å². The molecule has 2 nitrogen and oxygen atoms in total. The van der Waals surface area contributed by atoms with Crippen LogP contribution in [0.15, 0.2) is 0 Å². The van der Waals surface area contributed by atoms with Gasteiger partial charge in [-0.1, -0.05) is 71.1 Å². The predicted molar refractivity (Wildman–Crippen MR) is 127 cm³/mol. The number of rotatable bonds is 11. The second kappa shape index (κ2) is 9.43. The quantitative estimate of drug-likeness (QED) is 0.245. The zero-order valence-electron chi connectivity index (χ0n) is 19.9. The smallest absolute Gasteiger partial charge is 0.0702 e. The van der Waals surface area contributed by atoms with Gasteiger partial charge >= 0.3 is 0 Å². The highest BCUT2D eigenvalue weighted by Crippen LogP contribution is 2.47. The highest BCUT2D eigenvalue weighted by atomic mass is 127. The Morgan fingerprint density at radius 3 is 1.73 bits per heavy atom. The molecular weight excluding hydrogens is 433 g/mol. The Morgan fingerprint density at radius 1 is 0.885 bits per heavy atom. The van der Waals surface area contributed by atoms with Crippen molar-refractivity contribution < 1.29 is 4.74 Å². The van der Waals surface area contributed by atoms with Crippen LogP contribution in [0, 0.1) is 10.8 Å². The van der Waals surface area contributed by atoms with Crippen molar-refractivity contribution in [3.05, 3.63) is 0 Å². The summed E-state index contributed by atoms with van der Waals surface area (Å²) in [5, 5.41) is 3.80. The monoisotopic (exact) mass is 481 g/mol. The van der Waals surface area contributed by atoms with E-state index in [1.165, 1.54) is 6.42 Å². The van der Waals surface area contributed by atoms with Crippen LogP contribution in [0.2, 0.25) is 0 Å². The third kappa shape index (κ3) is 7.95. The molecule has 0 aliphatic carbocycles. The van der Waals surface area contributed by atoms with Crippen LogP contribution in [0.25, 0.3) is 0 Å². The van der Waals surface area contributed by atoms with Crippen molar-refractivity contribution in [3.8, 4) is 0 Å². The summed E-state index contributed by atoms with van der Waals surface area (Å²) in [5.41, 5.74) is 0.568. The van der Waals surface area contributed by atoms with Crippen molar-refractivity contribution >= 4 is 22.6 Å². The molecule has 0 aromatic heterocycles. The molecule has 3 atom stereocenters. The van der Waals surface area contributed by atoms with E-state index in [2.05, 4.69) is 111 Å². The SMILES string of the molecule is CCC(C)(CCOC(C)(CC)C(C)(C)CC(C)(C)[C@@H](C)I)NC(C)(C)C. The van der Waals surface area contributed by atoms with Crippen LogP contribution in [0.5, 0.6) is 0 Å². The zero-order valence-corrected chi connectivity index (χ0v) is 22.1. The molecule has 0 amide bonds. The lowest BCUT2D eigenvalue weighted by molar-refractivity contribution is -0.130. The highest BCUT2D eigenvalue weighted by Gasteiger charge is 2.45. The van der Waals surface area contributed by atoms with Crippen LogP contribution in [0.1, 0.15) is 109 Å². The Morgan fingerprint density at radius 2 is 1.38 bits per heavy atom. The van der Waals surface area contributed by atoms with Gasteiger partial charge in [0.25, 0.3) is 0 Å². The first-order chi connectivity index (χ1) is 11.4. The van der Waals surface area contributed by atoms with Gasteiger partial charge in [-0.2, -0.15) is 0 Å². The molecule has 0 bridgehead atoms. The summed E-state index contributed by atoms with van der Waals surface area (Å²) >= 11 is 2.57. The first-order valence-electron chi connectivity index (χ1n) is 10.5. The van der Waals surface area contributed by atoms with Gasteiger partial charge in [-0.15, -0.1) is 0 Å². The maximum atomic E-state index is 6.64. The first kappa shape index (κ1) is 26.6. The Bertz CT molecular complexity index is 424. The molecule has 0 spiro atoms. The summed E-state index contributed by atoms with van der Waals surface area (Å²) in [5.74, 6) is 0. The summed E-state index contributed by atoms with van der Waals surface area (Å²) in [7, 11) is 0. The number of hydrogen-bond donors (Lipinski definition) is 1. The standard InChI is InChI=1S/C23H48INO/c1-13-22(11,25-19(4,5)6)15-16-26-23(12,14-2)21(9,10)17-20(7,8)18(3)24/h18,25H,13-17H2,1-12H3/t18-,22?,23?/m1/s1. The molecule has 0 aromatic rings. The Labute approximate surface area is 179 Å². The summed E-state index contributed by atoms with van der Waals surface area (Å²) in [6.07, 6.45) is 4.36. The summed E-state index contributed by atoms with van der Waals surface area (Å²) < 4.78 is 7.28. The van der Waals surface area contributed by atoms with Gasteiger partial charge in [0.15, 0.2) is 0 Å². The molecule has 0 saturated heterocycles. The predicted octanol–water partition coefficient (Wildman–Crippen LogP) is 7.38. The van der Waals surface area contributed by atoms with Gasteiger partial charge in [-0.3, -0.25) is 0 Å². The summed E-state index contributed by atoms with van der Waals surface area (Å²) in [4.78, 5) is 0. The van der Waals surface area contributed by atoms with Crippen LogP contribution >= 0.6 is 22.6 Å². The topological polar surface area (TPSA) is 21.3 Å². The molecule has 0 rings (SSSR count). The van der Waals surface area contributed by atoms with Gasteiger partial charge in [-0.25, -0.2) is 0 Å². The Kier molecular flexibility index (Phi) is 9.67. The van der Waals surface area contributed by atoms with Crippen molar-refractivity contribution in [3.63, 3.8) is 0 Å². The molecular formula is C23H48INO. The number of alkyl halides is 1. The van der Waals surface area contributed by atoms with Crippen molar-refractivity contribution in [1.82, 2.24) is 5.32 Å². The van der Waals surface area contributed by atoms with Crippen molar-refractivity contribution in [1.29, 1.82) is 0 Å². The average molecular weight is 482 g/mol. The molecule has 2 unspecified atom stereocenters. The lowest BCUT2D eigenvalue weighted by atomic mass is 9.64. The minimum absolute atomic E-state index is 0.105. The van der Waals surface area contributed by atoms with Crippen molar-refractivity contribution in [2.45, 2.75) is 129 Å². The number of hydrogen-bond acceptors (Lipinski definition) is 2. The van der Waals surface area contributed by atoms with Gasteiger partial charge in [0.05, 0.1) is 5.60 Å². The van der Waals surface area contributed by atoms with Gasteiger partial charge < -0.3 is 10.1 Å². The van der Waals surface area contributed by atoms with E-state index in [4.69, 9.17) is 4.74 Å². The maximum Gasteiger partial charge on any atom is 0.0702 e. The maximum absolute atomic E-state index is 6.64. The molecule has 0 aromatic carbocycles. The third-order valence-electron chi connectivity index (χ3n) is 6.61. The second-order valence-electron chi connectivity index (χ2n) is 11.1. The summed E-state index contributed by atoms with van der Waals surface area (Å²) in [6, 6.07) is 0. The van der Waals surface area contributed by atoms with E-state index >= 15 is 0 Å². The van der Waals surface area contributed by atoms with Crippen molar-refractivity contribution in [2.75, 3.05) is 6.61 Å². The third-order valence-corrected chi connectivity index (χ3v) is 8.30. The minimum Gasteiger partial charge on any atom is -0.375 e. The van der Waals surface area contributed by atoms with Gasteiger partial charge in [-0.05, 0) is 71.1 Å². The number of ether oxygens (including phenoxy) is 1. The summed E-state index contributed by atoms with van der Waals surface area (Å²) in [6.45, 7) is 28.6. The van der Waals surface area contributed by atoms with Crippen LogP contribution in [-0.4, -0.2) is 27.2 Å². The van der Waals surface area contributed by atoms with E-state index in [9.17, 15) is 0 Å². The fourth-order valence-corrected chi connectivity index (χ4v) is 4.20. The van der Waals surface area contributed by atoms with Crippen molar-refractivity contribution in [2.24, 2.45) is 10.8 Å². The normalized spacial score (nSPS) is 19.7. The van der Waals surface area contributed by atoms with Crippen LogP contribution in [0.3, 0.4) is 0 Å². The average Bonchev–Trinajstić information content (AvgIpc) is 2.43. The van der Waals surface area contributed by atoms with E-state index in [1.807, 2.05) is 0 Å². The molecule has 1 N–H and O–H groups in total. The molecule has 0 heterocycles. The Balaban J connectivity index is 5.11.